The minimum atomic E-state index is -0.217. The van der Waals surface area contributed by atoms with Crippen molar-refractivity contribution in [3.8, 4) is 5.88 Å². The molecule has 3 rings (SSSR count). The van der Waals surface area contributed by atoms with Crippen LogP contribution in [0, 0.1) is 17.4 Å². The maximum atomic E-state index is 12.1. The summed E-state index contributed by atoms with van der Waals surface area (Å²) in [5.41, 5.74) is 1.87. The van der Waals surface area contributed by atoms with E-state index in [2.05, 4.69) is 37.9 Å². The first kappa shape index (κ1) is 16.1. The fourth-order valence-corrected chi connectivity index (χ4v) is 3.65. The molecule has 0 fully saturated rings. The number of para-hydroxylation sites is 1. The van der Waals surface area contributed by atoms with Gasteiger partial charge < -0.3 is 10.1 Å². The smallest absolute Gasteiger partial charge is 0.262 e. The number of nitrogens with one attached hydrogen (secondary N) is 1. The Bertz CT molecular complexity index is 879. The summed E-state index contributed by atoms with van der Waals surface area (Å²) in [4.78, 5) is 22.6. The highest BCUT2D eigenvalue weighted by atomic mass is 127. The van der Waals surface area contributed by atoms with Crippen LogP contribution < -0.4 is 10.1 Å². The zero-order valence-electron chi connectivity index (χ0n) is 12.6. The summed E-state index contributed by atoms with van der Waals surface area (Å²) in [6.07, 6.45) is 1.46. The van der Waals surface area contributed by atoms with Crippen molar-refractivity contribution in [2.24, 2.45) is 0 Å². The van der Waals surface area contributed by atoms with E-state index in [4.69, 9.17) is 4.74 Å². The van der Waals surface area contributed by atoms with Crippen molar-refractivity contribution in [1.29, 1.82) is 0 Å². The van der Waals surface area contributed by atoms with Crippen molar-refractivity contribution in [3.05, 3.63) is 44.6 Å². The number of aromatic nitrogens is 2. The van der Waals surface area contributed by atoms with E-state index in [0.717, 1.165) is 25.0 Å². The Labute approximate surface area is 151 Å². The largest absolute Gasteiger partial charge is 0.467 e. The predicted octanol–water partition coefficient (Wildman–Crippen LogP) is 3.93. The maximum absolute atomic E-state index is 12.1. The molecule has 1 N–H and O–H groups in total. The van der Waals surface area contributed by atoms with Crippen LogP contribution in [-0.2, 0) is 4.79 Å². The van der Waals surface area contributed by atoms with Crippen LogP contribution in [0.5, 0.6) is 5.88 Å². The van der Waals surface area contributed by atoms with Gasteiger partial charge in [0.1, 0.15) is 11.2 Å². The summed E-state index contributed by atoms with van der Waals surface area (Å²) in [5, 5.41) is 3.72. The molecule has 1 amide bonds. The first-order valence-electron chi connectivity index (χ1n) is 6.94. The standard InChI is InChI=1S/C16H14IN3O2S/c1-9-10(2)23-16-14(9)15(18-8-19-16)22-7-13(21)20-12-6-4-3-5-11(12)17/h3-6,8H,7H2,1-2H3,(H,20,21). The summed E-state index contributed by atoms with van der Waals surface area (Å²) in [6.45, 7) is 3.96. The van der Waals surface area contributed by atoms with Gasteiger partial charge >= 0.3 is 0 Å². The third kappa shape index (κ3) is 3.45. The summed E-state index contributed by atoms with van der Waals surface area (Å²) < 4.78 is 6.61. The molecule has 2 aromatic heterocycles. The molecule has 0 spiro atoms. The molecular weight excluding hydrogens is 425 g/mol. The molecule has 0 bridgehead atoms. The average Bonchev–Trinajstić information content (AvgIpc) is 2.83. The Morgan fingerprint density at radius 2 is 2.09 bits per heavy atom. The monoisotopic (exact) mass is 439 g/mol. The minimum absolute atomic E-state index is 0.0918. The van der Waals surface area contributed by atoms with Gasteiger partial charge in [0, 0.05) is 8.45 Å². The van der Waals surface area contributed by atoms with Crippen molar-refractivity contribution in [2.45, 2.75) is 13.8 Å². The van der Waals surface area contributed by atoms with Crippen LogP contribution in [0.15, 0.2) is 30.6 Å². The maximum Gasteiger partial charge on any atom is 0.262 e. The van der Waals surface area contributed by atoms with Gasteiger partial charge in [0.2, 0.25) is 5.88 Å². The Balaban J connectivity index is 1.74. The van der Waals surface area contributed by atoms with Crippen molar-refractivity contribution in [1.82, 2.24) is 9.97 Å². The number of halogens is 1. The normalized spacial score (nSPS) is 10.7. The third-order valence-electron chi connectivity index (χ3n) is 3.42. The van der Waals surface area contributed by atoms with E-state index in [9.17, 15) is 4.79 Å². The molecule has 2 heterocycles. The second kappa shape index (κ2) is 6.79. The van der Waals surface area contributed by atoms with Gasteiger partial charge in [-0.3, -0.25) is 4.79 Å². The Morgan fingerprint density at radius 1 is 1.30 bits per heavy atom. The van der Waals surface area contributed by atoms with Crippen LogP contribution in [0.2, 0.25) is 0 Å². The zero-order chi connectivity index (χ0) is 16.4. The van der Waals surface area contributed by atoms with Gasteiger partial charge in [-0.05, 0) is 54.1 Å². The lowest BCUT2D eigenvalue weighted by atomic mass is 10.2. The molecular formula is C16H14IN3O2S. The lowest BCUT2D eigenvalue weighted by Gasteiger charge is -2.09. The molecule has 0 saturated heterocycles. The predicted molar refractivity (Wildman–Crippen MR) is 100 cm³/mol. The Kier molecular flexibility index (Phi) is 4.76. The number of ether oxygens (including phenoxy) is 1. The van der Waals surface area contributed by atoms with Gasteiger partial charge in [-0.15, -0.1) is 11.3 Å². The van der Waals surface area contributed by atoms with E-state index >= 15 is 0 Å². The fraction of sp³-hybridized carbons (Fsp3) is 0.188. The molecule has 1 aromatic carbocycles. The van der Waals surface area contributed by atoms with Crippen molar-refractivity contribution in [3.63, 3.8) is 0 Å². The second-order valence-electron chi connectivity index (χ2n) is 4.96. The van der Waals surface area contributed by atoms with Crippen molar-refractivity contribution in [2.75, 3.05) is 11.9 Å². The Morgan fingerprint density at radius 3 is 2.87 bits per heavy atom. The van der Waals surface area contributed by atoms with E-state index < -0.39 is 0 Å². The molecule has 0 aliphatic heterocycles. The molecule has 7 heteroatoms. The number of thiophene rings is 1. The number of carbonyl (C=O) groups excluding carboxylic acids is 1. The van der Waals surface area contributed by atoms with Gasteiger partial charge in [-0.2, -0.15) is 0 Å². The molecule has 118 valence electrons. The summed E-state index contributed by atoms with van der Waals surface area (Å²) in [6, 6.07) is 7.59. The second-order valence-corrected chi connectivity index (χ2v) is 7.32. The van der Waals surface area contributed by atoms with Crippen LogP contribution >= 0.6 is 33.9 Å². The summed E-state index contributed by atoms with van der Waals surface area (Å²) >= 11 is 3.78. The van der Waals surface area contributed by atoms with Gasteiger partial charge in [0.25, 0.3) is 5.91 Å². The molecule has 0 saturated carbocycles. The molecule has 3 aromatic rings. The average molecular weight is 439 g/mol. The van der Waals surface area contributed by atoms with E-state index in [1.54, 1.807) is 11.3 Å². The van der Waals surface area contributed by atoms with Crippen LogP contribution in [0.1, 0.15) is 10.4 Å². The first-order valence-corrected chi connectivity index (χ1v) is 8.83. The Hall–Kier alpha value is -1.74. The number of hydrogen-bond acceptors (Lipinski definition) is 5. The minimum Gasteiger partial charge on any atom is -0.467 e. The zero-order valence-corrected chi connectivity index (χ0v) is 15.6. The molecule has 23 heavy (non-hydrogen) atoms. The molecule has 0 aliphatic rings. The number of benzene rings is 1. The van der Waals surface area contributed by atoms with Gasteiger partial charge in [0.05, 0.1) is 11.1 Å². The number of nitrogens with zero attached hydrogens (tertiary/aromatic N) is 2. The highest BCUT2D eigenvalue weighted by Gasteiger charge is 2.14. The molecule has 0 aliphatic carbocycles. The quantitative estimate of drug-likeness (QED) is 0.626. The van der Waals surface area contributed by atoms with Gasteiger partial charge in [-0.1, -0.05) is 12.1 Å². The lowest BCUT2D eigenvalue weighted by molar-refractivity contribution is -0.118. The van der Waals surface area contributed by atoms with Gasteiger partial charge in [-0.25, -0.2) is 9.97 Å². The number of amides is 1. The number of anilines is 1. The topological polar surface area (TPSA) is 64.1 Å². The highest BCUT2D eigenvalue weighted by molar-refractivity contribution is 14.1. The van der Waals surface area contributed by atoms with E-state index in [0.29, 0.717) is 5.88 Å². The SMILES string of the molecule is Cc1sc2ncnc(OCC(=O)Nc3ccccc3I)c2c1C. The summed E-state index contributed by atoms with van der Waals surface area (Å²) in [7, 11) is 0. The summed E-state index contributed by atoms with van der Waals surface area (Å²) in [5.74, 6) is 0.236. The number of carbonyl (C=O) groups is 1. The van der Waals surface area contributed by atoms with Crippen LogP contribution in [0.3, 0.4) is 0 Å². The number of hydrogen-bond donors (Lipinski definition) is 1. The lowest BCUT2D eigenvalue weighted by Crippen LogP contribution is -2.21. The highest BCUT2D eigenvalue weighted by Crippen LogP contribution is 2.33. The molecule has 0 radical (unpaired) electrons. The fourth-order valence-electron chi connectivity index (χ4n) is 2.14. The van der Waals surface area contributed by atoms with Gasteiger partial charge in [0.15, 0.2) is 6.61 Å². The number of aryl methyl sites for hydroxylation is 2. The van der Waals surface area contributed by atoms with Crippen LogP contribution in [0.4, 0.5) is 5.69 Å². The number of fused-ring (bicyclic) bond motifs is 1. The molecule has 0 atom stereocenters. The van der Waals surface area contributed by atoms with Crippen LogP contribution in [-0.4, -0.2) is 22.5 Å². The van der Waals surface area contributed by atoms with Crippen LogP contribution in [0.25, 0.3) is 10.2 Å². The molecule has 0 unspecified atom stereocenters. The first-order chi connectivity index (χ1) is 11.1. The van der Waals surface area contributed by atoms with E-state index in [1.807, 2.05) is 38.1 Å². The number of rotatable bonds is 4. The third-order valence-corrected chi connectivity index (χ3v) is 5.47. The van der Waals surface area contributed by atoms with E-state index in [-0.39, 0.29) is 12.5 Å². The van der Waals surface area contributed by atoms with Crippen molar-refractivity contribution >= 4 is 55.7 Å². The van der Waals surface area contributed by atoms with E-state index in [1.165, 1.54) is 11.2 Å². The van der Waals surface area contributed by atoms with Crippen molar-refractivity contribution < 1.29 is 9.53 Å². The molecule has 5 nitrogen and oxygen atoms in total.